The number of carbonyl (C=O) groups excluding carboxylic acids is 2. The molecular formula is C23H27N3O6S. The first kappa shape index (κ1) is 23.1. The number of rotatable bonds is 7. The molecule has 2 aromatic rings. The summed E-state index contributed by atoms with van der Waals surface area (Å²) in [6.07, 6.45) is 2.91. The van der Waals surface area contributed by atoms with Crippen molar-refractivity contribution >= 4 is 33.2 Å². The highest BCUT2D eigenvalue weighted by Crippen LogP contribution is 2.34. The number of nitrogens with zero attached hydrogens (tertiary/aromatic N) is 2. The number of hydrogen-bond donors (Lipinski definition) is 1. The standard InChI is InChI=1S/C23H27N3O6S/c1-31-19-10-7-16(14-21(19)33(29,30)25-11-3-4-12-25)23(28)24-17-8-9-18(20(15-17)32-2)26-13-5-6-22(26)27/h7-10,14-15H,3-6,11-13H2,1-2H3,(H,24,28). The number of amides is 2. The number of benzene rings is 2. The van der Waals surface area contributed by atoms with Gasteiger partial charge in [0.15, 0.2) is 0 Å². The van der Waals surface area contributed by atoms with E-state index >= 15 is 0 Å². The first-order chi connectivity index (χ1) is 15.8. The third-order valence-corrected chi connectivity index (χ3v) is 7.83. The Bertz CT molecular complexity index is 1170. The molecule has 176 valence electrons. The molecule has 0 saturated carbocycles. The Balaban J connectivity index is 1.59. The van der Waals surface area contributed by atoms with Gasteiger partial charge in [0.2, 0.25) is 15.9 Å². The van der Waals surface area contributed by atoms with Gasteiger partial charge in [0, 0.05) is 43.4 Å². The molecule has 9 nitrogen and oxygen atoms in total. The zero-order valence-corrected chi connectivity index (χ0v) is 19.5. The third kappa shape index (κ3) is 4.53. The maximum absolute atomic E-state index is 13.1. The number of hydrogen-bond acceptors (Lipinski definition) is 6. The lowest BCUT2D eigenvalue weighted by atomic mass is 10.2. The largest absolute Gasteiger partial charge is 0.495 e. The Morgan fingerprint density at radius 3 is 2.30 bits per heavy atom. The predicted molar refractivity (Wildman–Crippen MR) is 124 cm³/mol. The van der Waals surface area contributed by atoms with Crippen LogP contribution in [0.25, 0.3) is 0 Å². The van der Waals surface area contributed by atoms with E-state index in [-0.39, 0.29) is 22.1 Å². The van der Waals surface area contributed by atoms with E-state index in [1.807, 2.05) is 0 Å². The number of carbonyl (C=O) groups is 2. The summed E-state index contributed by atoms with van der Waals surface area (Å²) < 4.78 is 38.3. The zero-order chi connectivity index (χ0) is 23.6. The lowest BCUT2D eigenvalue weighted by Crippen LogP contribution is -2.28. The van der Waals surface area contributed by atoms with Gasteiger partial charge in [0.05, 0.1) is 19.9 Å². The molecule has 2 heterocycles. The van der Waals surface area contributed by atoms with E-state index in [9.17, 15) is 18.0 Å². The summed E-state index contributed by atoms with van der Waals surface area (Å²) in [5, 5.41) is 2.78. The lowest BCUT2D eigenvalue weighted by molar-refractivity contribution is -0.117. The topological polar surface area (TPSA) is 105 Å². The Labute approximate surface area is 193 Å². The van der Waals surface area contributed by atoms with Gasteiger partial charge in [-0.3, -0.25) is 9.59 Å². The van der Waals surface area contributed by atoms with Crippen molar-refractivity contribution in [1.29, 1.82) is 0 Å². The summed E-state index contributed by atoms with van der Waals surface area (Å²) in [4.78, 5) is 26.7. The molecule has 2 saturated heterocycles. The van der Waals surface area contributed by atoms with E-state index < -0.39 is 15.9 Å². The number of methoxy groups -OCH3 is 2. The van der Waals surface area contributed by atoms with Crippen LogP contribution in [0, 0.1) is 0 Å². The van der Waals surface area contributed by atoms with Crippen LogP contribution < -0.4 is 19.7 Å². The van der Waals surface area contributed by atoms with Crippen LogP contribution in [-0.4, -0.2) is 58.4 Å². The van der Waals surface area contributed by atoms with Crippen molar-refractivity contribution < 1.29 is 27.5 Å². The number of nitrogens with one attached hydrogen (secondary N) is 1. The van der Waals surface area contributed by atoms with Gasteiger partial charge in [0.1, 0.15) is 16.4 Å². The molecule has 2 fully saturated rings. The fraction of sp³-hybridized carbons (Fsp3) is 0.391. The molecule has 0 unspecified atom stereocenters. The zero-order valence-electron chi connectivity index (χ0n) is 18.7. The molecule has 0 aliphatic carbocycles. The summed E-state index contributed by atoms with van der Waals surface area (Å²) in [5.74, 6) is 0.229. The van der Waals surface area contributed by atoms with E-state index in [1.165, 1.54) is 36.7 Å². The van der Waals surface area contributed by atoms with Crippen molar-refractivity contribution in [3.05, 3.63) is 42.0 Å². The average molecular weight is 474 g/mol. The fourth-order valence-electron chi connectivity index (χ4n) is 4.17. The van der Waals surface area contributed by atoms with Crippen molar-refractivity contribution in [3.63, 3.8) is 0 Å². The van der Waals surface area contributed by atoms with Gasteiger partial charge in [-0.15, -0.1) is 0 Å². The van der Waals surface area contributed by atoms with Crippen LogP contribution >= 0.6 is 0 Å². The summed E-state index contributed by atoms with van der Waals surface area (Å²) in [6, 6.07) is 9.41. The summed E-state index contributed by atoms with van der Waals surface area (Å²) in [6.45, 7) is 1.53. The predicted octanol–water partition coefficient (Wildman–Crippen LogP) is 2.87. The first-order valence-electron chi connectivity index (χ1n) is 10.8. The van der Waals surface area contributed by atoms with Crippen LogP contribution in [0.1, 0.15) is 36.0 Å². The monoisotopic (exact) mass is 473 g/mol. The summed E-state index contributed by atoms with van der Waals surface area (Å²) >= 11 is 0. The SMILES string of the molecule is COc1cc(NC(=O)c2ccc(OC)c(S(=O)(=O)N3CCCC3)c2)ccc1N1CCCC1=O. The Morgan fingerprint density at radius 2 is 1.67 bits per heavy atom. The van der Waals surface area contributed by atoms with Crippen molar-refractivity contribution in [2.45, 2.75) is 30.6 Å². The minimum Gasteiger partial charge on any atom is -0.495 e. The van der Waals surface area contributed by atoms with Gasteiger partial charge < -0.3 is 19.7 Å². The minimum atomic E-state index is -3.77. The average Bonchev–Trinajstić information content (AvgIpc) is 3.51. The molecular weight excluding hydrogens is 446 g/mol. The van der Waals surface area contributed by atoms with Crippen LogP contribution in [0.2, 0.25) is 0 Å². The van der Waals surface area contributed by atoms with Crippen molar-refractivity contribution in [2.75, 3.05) is 44.1 Å². The Morgan fingerprint density at radius 1 is 0.939 bits per heavy atom. The molecule has 0 atom stereocenters. The first-order valence-corrected chi connectivity index (χ1v) is 12.3. The highest BCUT2D eigenvalue weighted by Gasteiger charge is 2.31. The molecule has 10 heteroatoms. The Hall–Kier alpha value is -3.11. The van der Waals surface area contributed by atoms with Crippen molar-refractivity contribution in [2.24, 2.45) is 0 Å². The van der Waals surface area contributed by atoms with Crippen LogP contribution in [-0.2, 0) is 14.8 Å². The van der Waals surface area contributed by atoms with Gasteiger partial charge in [-0.2, -0.15) is 4.31 Å². The molecule has 0 spiro atoms. The van der Waals surface area contributed by atoms with Crippen LogP contribution in [0.5, 0.6) is 11.5 Å². The van der Waals surface area contributed by atoms with E-state index in [0.29, 0.717) is 43.2 Å². The fourth-order valence-corrected chi connectivity index (χ4v) is 5.87. The normalized spacial score (nSPS) is 16.8. The van der Waals surface area contributed by atoms with Gasteiger partial charge in [-0.25, -0.2) is 8.42 Å². The highest BCUT2D eigenvalue weighted by atomic mass is 32.2. The molecule has 2 aliphatic heterocycles. The van der Waals surface area contributed by atoms with Crippen LogP contribution in [0.4, 0.5) is 11.4 Å². The van der Waals surface area contributed by atoms with Gasteiger partial charge in [-0.05, 0) is 49.6 Å². The maximum atomic E-state index is 13.1. The molecule has 2 aliphatic rings. The number of anilines is 2. The van der Waals surface area contributed by atoms with Crippen LogP contribution in [0.15, 0.2) is 41.3 Å². The molecule has 2 amide bonds. The van der Waals surface area contributed by atoms with Gasteiger partial charge >= 0.3 is 0 Å². The molecule has 4 rings (SSSR count). The maximum Gasteiger partial charge on any atom is 0.255 e. The molecule has 2 aromatic carbocycles. The molecule has 1 N–H and O–H groups in total. The van der Waals surface area contributed by atoms with Crippen LogP contribution in [0.3, 0.4) is 0 Å². The quantitative estimate of drug-likeness (QED) is 0.663. The second kappa shape index (κ2) is 9.40. The van der Waals surface area contributed by atoms with E-state index in [0.717, 1.165) is 19.3 Å². The van der Waals surface area contributed by atoms with E-state index in [2.05, 4.69) is 5.32 Å². The summed E-state index contributed by atoms with van der Waals surface area (Å²) in [5.41, 5.74) is 1.31. The second-order valence-corrected chi connectivity index (χ2v) is 9.87. The van der Waals surface area contributed by atoms with Crippen molar-refractivity contribution in [1.82, 2.24) is 4.31 Å². The van der Waals surface area contributed by atoms with E-state index in [1.54, 1.807) is 23.1 Å². The Kier molecular flexibility index (Phi) is 6.57. The summed E-state index contributed by atoms with van der Waals surface area (Å²) in [7, 11) is -0.867. The van der Waals surface area contributed by atoms with Gasteiger partial charge in [0.25, 0.3) is 5.91 Å². The highest BCUT2D eigenvalue weighted by molar-refractivity contribution is 7.89. The molecule has 33 heavy (non-hydrogen) atoms. The molecule has 0 radical (unpaired) electrons. The van der Waals surface area contributed by atoms with E-state index in [4.69, 9.17) is 9.47 Å². The minimum absolute atomic E-state index is 0.0278. The smallest absolute Gasteiger partial charge is 0.255 e. The van der Waals surface area contributed by atoms with Gasteiger partial charge in [-0.1, -0.05) is 0 Å². The molecule has 0 bridgehead atoms. The lowest BCUT2D eigenvalue weighted by Gasteiger charge is -2.20. The second-order valence-electron chi connectivity index (χ2n) is 7.97. The molecule has 0 aromatic heterocycles. The van der Waals surface area contributed by atoms with Crippen molar-refractivity contribution in [3.8, 4) is 11.5 Å². The number of ether oxygens (including phenoxy) is 2. The number of sulfonamides is 1. The third-order valence-electron chi connectivity index (χ3n) is 5.91.